The van der Waals surface area contributed by atoms with E-state index in [9.17, 15) is 0 Å². The second kappa shape index (κ2) is 5.35. The Bertz CT molecular complexity index is 525. The zero-order chi connectivity index (χ0) is 13.0. The van der Waals surface area contributed by atoms with Crippen molar-refractivity contribution in [1.29, 1.82) is 0 Å². The highest BCUT2D eigenvalue weighted by Crippen LogP contribution is 2.22. The monoisotopic (exact) mass is 244 g/mol. The Balaban J connectivity index is 2.02. The number of nitrogens with one attached hydrogen (secondary N) is 1. The average molecular weight is 244 g/mol. The molecule has 18 heavy (non-hydrogen) atoms. The van der Waals surface area contributed by atoms with Gasteiger partial charge in [-0.15, -0.1) is 0 Å². The van der Waals surface area contributed by atoms with E-state index in [0.29, 0.717) is 23.9 Å². The van der Waals surface area contributed by atoms with E-state index in [4.69, 9.17) is 10.5 Å². The molecule has 94 valence electrons. The Morgan fingerprint density at radius 3 is 2.61 bits per heavy atom. The number of nitrogens with two attached hydrogens (primary N) is 1. The average Bonchev–Trinajstić information content (AvgIpc) is 2.38. The first-order valence-electron chi connectivity index (χ1n) is 5.64. The van der Waals surface area contributed by atoms with Crippen LogP contribution >= 0.6 is 0 Å². The van der Waals surface area contributed by atoms with Gasteiger partial charge < -0.3 is 15.8 Å². The van der Waals surface area contributed by atoms with Crippen molar-refractivity contribution in [1.82, 2.24) is 9.97 Å². The van der Waals surface area contributed by atoms with Gasteiger partial charge in [0.15, 0.2) is 0 Å². The largest absolute Gasteiger partial charge is 0.495 e. The highest BCUT2D eigenvalue weighted by Gasteiger charge is 2.01. The van der Waals surface area contributed by atoms with E-state index in [2.05, 4.69) is 15.3 Å². The molecule has 1 heterocycles. The van der Waals surface area contributed by atoms with Gasteiger partial charge in [0.1, 0.15) is 5.75 Å². The first kappa shape index (κ1) is 12.2. The minimum Gasteiger partial charge on any atom is -0.495 e. The van der Waals surface area contributed by atoms with Crippen molar-refractivity contribution in [2.75, 3.05) is 18.2 Å². The normalized spacial score (nSPS) is 10.1. The standard InChI is InChI=1S/C13H16N4O/c1-9-6-15-13(16-7-9)17-8-10-3-4-12(18-2)11(14)5-10/h3-7H,8,14H2,1-2H3,(H,15,16,17). The molecule has 0 radical (unpaired) electrons. The lowest BCUT2D eigenvalue weighted by molar-refractivity contribution is 0.417. The van der Waals surface area contributed by atoms with Crippen molar-refractivity contribution in [2.45, 2.75) is 13.5 Å². The number of aryl methyl sites for hydroxylation is 1. The number of benzene rings is 1. The van der Waals surface area contributed by atoms with E-state index < -0.39 is 0 Å². The maximum atomic E-state index is 5.84. The number of methoxy groups -OCH3 is 1. The topological polar surface area (TPSA) is 73.1 Å². The Morgan fingerprint density at radius 1 is 1.28 bits per heavy atom. The third kappa shape index (κ3) is 2.88. The first-order valence-corrected chi connectivity index (χ1v) is 5.64. The second-order valence-corrected chi connectivity index (χ2v) is 4.01. The van der Waals surface area contributed by atoms with Crippen LogP contribution in [0.2, 0.25) is 0 Å². The van der Waals surface area contributed by atoms with Crippen LogP contribution < -0.4 is 15.8 Å². The maximum Gasteiger partial charge on any atom is 0.222 e. The van der Waals surface area contributed by atoms with E-state index in [1.54, 1.807) is 19.5 Å². The highest BCUT2D eigenvalue weighted by molar-refractivity contribution is 5.54. The van der Waals surface area contributed by atoms with Crippen molar-refractivity contribution in [3.8, 4) is 5.75 Å². The predicted octanol–water partition coefficient (Wildman–Crippen LogP) is 1.99. The van der Waals surface area contributed by atoms with Gasteiger partial charge in [0, 0.05) is 18.9 Å². The molecule has 0 unspecified atom stereocenters. The molecule has 0 atom stereocenters. The number of anilines is 2. The molecule has 0 aliphatic carbocycles. The van der Waals surface area contributed by atoms with Crippen LogP contribution in [0.3, 0.4) is 0 Å². The lowest BCUT2D eigenvalue weighted by Gasteiger charge is -2.08. The van der Waals surface area contributed by atoms with Gasteiger partial charge in [-0.25, -0.2) is 9.97 Å². The van der Waals surface area contributed by atoms with Gasteiger partial charge in [-0.05, 0) is 30.2 Å². The fourth-order valence-corrected chi connectivity index (χ4v) is 1.56. The van der Waals surface area contributed by atoms with Gasteiger partial charge in [0.25, 0.3) is 0 Å². The molecule has 5 heteroatoms. The van der Waals surface area contributed by atoms with Crippen molar-refractivity contribution in [3.63, 3.8) is 0 Å². The van der Waals surface area contributed by atoms with Gasteiger partial charge in [-0.2, -0.15) is 0 Å². The second-order valence-electron chi connectivity index (χ2n) is 4.01. The Morgan fingerprint density at radius 2 is 2.00 bits per heavy atom. The third-order valence-corrected chi connectivity index (χ3v) is 2.53. The van der Waals surface area contributed by atoms with E-state index in [1.807, 2.05) is 25.1 Å². The summed E-state index contributed by atoms with van der Waals surface area (Å²) in [6.07, 6.45) is 3.55. The molecule has 0 aliphatic heterocycles. The molecule has 0 amide bonds. The van der Waals surface area contributed by atoms with Crippen LogP contribution in [0, 0.1) is 6.92 Å². The quantitative estimate of drug-likeness (QED) is 0.805. The molecule has 5 nitrogen and oxygen atoms in total. The van der Waals surface area contributed by atoms with Crippen molar-refractivity contribution >= 4 is 11.6 Å². The number of aromatic nitrogens is 2. The summed E-state index contributed by atoms with van der Waals surface area (Å²) in [7, 11) is 1.60. The van der Waals surface area contributed by atoms with Crippen LogP contribution in [0.1, 0.15) is 11.1 Å². The van der Waals surface area contributed by atoms with Crippen molar-refractivity contribution < 1.29 is 4.74 Å². The fourth-order valence-electron chi connectivity index (χ4n) is 1.56. The molecule has 1 aromatic heterocycles. The van der Waals surface area contributed by atoms with Crippen LogP contribution in [-0.4, -0.2) is 17.1 Å². The molecule has 0 saturated carbocycles. The smallest absolute Gasteiger partial charge is 0.222 e. The summed E-state index contributed by atoms with van der Waals surface area (Å²) in [6.45, 7) is 2.57. The summed E-state index contributed by atoms with van der Waals surface area (Å²) in [5.41, 5.74) is 8.55. The number of nitrogen functional groups attached to an aromatic ring is 1. The molecule has 0 fully saturated rings. The molecular formula is C13H16N4O. The van der Waals surface area contributed by atoms with Gasteiger partial charge in [-0.1, -0.05) is 6.07 Å². The number of rotatable bonds is 4. The lowest BCUT2D eigenvalue weighted by Crippen LogP contribution is -2.04. The summed E-state index contributed by atoms with van der Waals surface area (Å²) in [4.78, 5) is 8.34. The van der Waals surface area contributed by atoms with Crippen LogP contribution in [0.15, 0.2) is 30.6 Å². The molecule has 0 bridgehead atoms. The van der Waals surface area contributed by atoms with Crippen molar-refractivity contribution in [3.05, 3.63) is 41.7 Å². The zero-order valence-electron chi connectivity index (χ0n) is 10.5. The Labute approximate surface area is 106 Å². The molecule has 2 aromatic rings. The summed E-state index contributed by atoms with van der Waals surface area (Å²) >= 11 is 0. The number of hydrogen-bond donors (Lipinski definition) is 2. The SMILES string of the molecule is COc1ccc(CNc2ncc(C)cn2)cc1N. The summed E-state index contributed by atoms with van der Waals surface area (Å²) in [5.74, 6) is 1.29. The van der Waals surface area contributed by atoms with Crippen LogP contribution in [0.25, 0.3) is 0 Å². The molecule has 0 saturated heterocycles. The van der Waals surface area contributed by atoms with Gasteiger partial charge >= 0.3 is 0 Å². The Hall–Kier alpha value is -2.30. The summed E-state index contributed by atoms with van der Waals surface area (Å²) in [5, 5.41) is 3.13. The van der Waals surface area contributed by atoms with E-state index >= 15 is 0 Å². The van der Waals surface area contributed by atoms with Crippen molar-refractivity contribution in [2.24, 2.45) is 0 Å². The third-order valence-electron chi connectivity index (χ3n) is 2.53. The molecule has 2 rings (SSSR count). The van der Waals surface area contributed by atoms with Crippen LogP contribution in [0.5, 0.6) is 5.75 Å². The molecular weight excluding hydrogens is 228 g/mol. The van der Waals surface area contributed by atoms with Gasteiger partial charge in [0.2, 0.25) is 5.95 Å². The van der Waals surface area contributed by atoms with E-state index in [-0.39, 0.29) is 0 Å². The number of ether oxygens (including phenoxy) is 1. The Kier molecular flexibility index (Phi) is 3.62. The number of nitrogens with zero attached hydrogens (tertiary/aromatic N) is 2. The zero-order valence-corrected chi connectivity index (χ0v) is 10.5. The lowest BCUT2D eigenvalue weighted by atomic mass is 10.2. The maximum absolute atomic E-state index is 5.84. The van der Waals surface area contributed by atoms with Gasteiger partial charge in [0.05, 0.1) is 12.8 Å². The molecule has 0 spiro atoms. The highest BCUT2D eigenvalue weighted by atomic mass is 16.5. The number of hydrogen-bond acceptors (Lipinski definition) is 5. The molecule has 0 aliphatic rings. The first-order chi connectivity index (χ1) is 8.69. The van der Waals surface area contributed by atoms with E-state index in [0.717, 1.165) is 11.1 Å². The minimum absolute atomic E-state index is 0.606. The minimum atomic E-state index is 0.606. The summed E-state index contributed by atoms with van der Waals surface area (Å²) < 4.78 is 5.11. The van der Waals surface area contributed by atoms with Gasteiger partial charge in [-0.3, -0.25) is 0 Å². The predicted molar refractivity (Wildman–Crippen MR) is 71.5 cm³/mol. The fraction of sp³-hybridized carbons (Fsp3) is 0.231. The van der Waals surface area contributed by atoms with Crippen LogP contribution in [0.4, 0.5) is 11.6 Å². The summed E-state index contributed by atoms with van der Waals surface area (Å²) in [6, 6.07) is 5.68. The van der Waals surface area contributed by atoms with E-state index in [1.165, 1.54) is 0 Å². The molecule has 1 aromatic carbocycles. The van der Waals surface area contributed by atoms with Crippen LogP contribution in [-0.2, 0) is 6.54 Å². The molecule has 3 N–H and O–H groups in total.